The lowest BCUT2D eigenvalue weighted by molar-refractivity contribution is -0.916. The monoisotopic (exact) mass is 428 g/mol. The summed E-state index contributed by atoms with van der Waals surface area (Å²) in [5.41, 5.74) is 0. The van der Waals surface area contributed by atoms with Gasteiger partial charge in [-0.15, -0.1) is 0 Å². The first-order chi connectivity index (χ1) is 13.3. The summed E-state index contributed by atoms with van der Waals surface area (Å²) in [6.07, 6.45) is 3.96. The zero-order chi connectivity index (χ0) is 19.9. The van der Waals surface area contributed by atoms with Crippen molar-refractivity contribution >= 4 is 20.0 Å². The van der Waals surface area contributed by atoms with Gasteiger partial charge in [0.25, 0.3) is 0 Å². The third-order valence-electron chi connectivity index (χ3n) is 6.58. The minimum absolute atomic E-state index is 0.172. The van der Waals surface area contributed by atoms with Crippen molar-refractivity contribution in [3.05, 3.63) is 24.3 Å². The number of rotatable bonds is 4. The average Bonchev–Trinajstić information content (AvgIpc) is 3.16. The summed E-state index contributed by atoms with van der Waals surface area (Å²) in [6, 6.07) is 6.17. The number of quaternary nitrogens is 1. The van der Waals surface area contributed by atoms with Crippen LogP contribution in [0.25, 0.3) is 0 Å². The van der Waals surface area contributed by atoms with Crippen molar-refractivity contribution in [1.29, 1.82) is 0 Å². The molecule has 3 aliphatic rings. The van der Waals surface area contributed by atoms with Crippen molar-refractivity contribution in [3.8, 4) is 0 Å². The third-order valence-corrected chi connectivity index (χ3v) is 10.4. The Morgan fingerprint density at radius 2 is 1.39 bits per heavy atom. The van der Waals surface area contributed by atoms with Crippen LogP contribution in [-0.2, 0) is 20.0 Å². The molecule has 1 aromatic carbocycles. The van der Waals surface area contributed by atoms with Gasteiger partial charge >= 0.3 is 0 Å². The lowest BCUT2D eigenvalue weighted by Gasteiger charge is -2.34. The molecule has 0 amide bonds. The molecule has 7 nitrogen and oxygen atoms in total. The van der Waals surface area contributed by atoms with Gasteiger partial charge in [-0.05, 0) is 43.0 Å². The topological polar surface area (TPSA) is 79.2 Å². The minimum atomic E-state index is -3.58. The Bertz CT molecular complexity index is 907. The quantitative estimate of drug-likeness (QED) is 0.741. The second kappa shape index (κ2) is 7.68. The molecule has 0 aromatic heterocycles. The molecule has 0 radical (unpaired) electrons. The van der Waals surface area contributed by atoms with Crippen LogP contribution < -0.4 is 4.90 Å². The normalized spacial score (nSPS) is 28.3. The maximum Gasteiger partial charge on any atom is 0.243 e. The second-order valence-corrected chi connectivity index (χ2v) is 12.3. The van der Waals surface area contributed by atoms with Crippen LogP contribution in [0.15, 0.2) is 34.1 Å². The number of nitrogens with zero attached hydrogens (tertiary/aromatic N) is 2. The fourth-order valence-electron chi connectivity index (χ4n) is 4.66. The van der Waals surface area contributed by atoms with E-state index in [0.29, 0.717) is 38.1 Å². The molecule has 1 aromatic rings. The SMILES string of the molecule is CC1CCN(S(=O)(=O)c2ccc(S(=O)(=O)N3CC[NH+]4CCC[C@@H]4C3)cc2)CC1. The van der Waals surface area contributed by atoms with Gasteiger partial charge in [0.2, 0.25) is 20.0 Å². The number of hydrogen-bond acceptors (Lipinski definition) is 4. The van der Waals surface area contributed by atoms with E-state index in [0.717, 1.165) is 38.8 Å². The van der Waals surface area contributed by atoms with Gasteiger partial charge in [0.1, 0.15) is 6.04 Å². The van der Waals surface area contributed by atoms with Crippen LogP contribution in [0.1, 0.15) is 32.6 Å². The fraction of sp³-hybridized carbons (Fsp3) is 0.684. The van der Waals surface area contributed by atoms with Crippen LogP contribution in [0.4, 0.5) is 0 Å². The van der Waals surface area contributed by atoms with Crippen LogP contribution >= 0.6 is 0 Å². The van der Waals surface area contributed by atoms with Gasteiger partial charge in [0.15, 0.2) is 0 Å². The maximum atomic E-state index is 13.0. The number of benzene rings is 1. The molecule has 0 bridgehead atoms. The average molecular weight is 429 g/mol. The summed E-state index contributed by atoms with van der Waals surface area (Å²) in [5, 5.41) is 0. The summed E-state index contributed by atoms with van der Waals surface area (Å²) in [4.78, 5) is 1.87. The third kappa shape index (κ3) is 3.75. The molecule has 2 atom stereocenters. The van der Waals surface area contributed by atoms with Crippen LogP contribution in [0.5, 0.6) is 0 Å². The zero-order valence-corrected chi connectivity index (χ0v) is 18.0. The summed E-state index contributed by atoms with van der Waals surface area (Å²) < 4.78 is 54.8. The minimum Gasteiger partial charge on any atom is -0.330 e. The number of sulfonamides is 2. The van der Waals surface area contributed by atoms with Crippen molar-refractivity contribution < 1.29 is 21.7 Å². The number of nitrogens with one attached hydrogen (secondary N) is 1. The Hall–Kier alpha value is -1.00. The smallest absolute Gasteiger partial charge is 0.243 e. The van der Waals surface area contributed by atoms with E-state index in [2.05, 4.69) is 6.92 Å². The van der Waals surface area contributed by atoms with Crippen LogP contribution in [0.3, 0.4) is 0 Å². The van der Waals surface area contributed by atoms with Gasteiger partial charge in [-0.25, -0.2) is 16.8 Å². The van der Waals surface area contributed by atoms with Crippen LogP contribution in [-0.4, -0.2) is 70.8 Å². The highest BCUT2D eigenvalue weighted by Gasteiger charge is 2.39. The Morgan fingerprint density at radius 1 is 0.821 bits per heavy atom. The number of fused-ring (bicyclic) bond motifs is 1. The van der Waals surface area contributed by atoms with Crippen LogP contribution in [0, 0.1) is 5.92 Å². The molecule has 28 heavy (non-hydrogen) atoms. The Kier molecular flexibility index (Phi) is 5.56. The summed E-state index contributed by atoms with van der Waals surface area (Å²) in [6.45, 7) is 6.26. The van der Waals surface area contributed by atoms with E-state index in [-0.39, 0.29) is 9.79 Å². The molecule has 9 heteroatoms. The standard InChI is InChI=1S/C19H29N3O4S2/c1-16-8-11-21(12-9-16)27(23,24)18-4-6-19(7-5-18)28(25,26)22-14-13-20-10-2-3-17(20)15-22/h4-7,16-17H,2-3,8-15H2,1H3/p+1/t17-/m1/s1. The summed E-state index contributed by atoms with van der Waals surface area (Å²) in [5.74, 6) is 0.543. The maximum absolute atomic E-state index is 13.0. The fourth-order valence-corrected chi connectivity index (χ4v) is 7.62. The largest absolute Gasteiger partial charge is 0.330 e. The highest BCUT2D eigenvalue weighted by atomic mass is 32.2. The van der Waals surface area contributed by atoms with E-state index >= 15 is 0 Å². The van der Waals surface area contributed by atoms with E-state index in [4.69, 9.17) is 0 Å². The number of piperazine rings is 1. The van der Waals surface area contributed by atoms with Crippen molar-refractivity contribution in [2.24, 2.45) is 5.92 Å². The first-order valence-electron chi connectivity index (χ1n) is 10.2. The lowest BCUT2D eigenvalue weighted by Crippen LogP contribution is -3.16. The molecule has 3 heterocycles. The van der Waals surface area contributed by atoms with Gasteiger partial charge in [-0.3, -0.25) is 0 Å². The first-order valence-corrected chi connectivity index (χ1v) is 13.1. The lowest BCUT2D eigenvalue weighted by atomic mass is 10.0. The first kappa shape index (κ1) is 20.3. The molecule has 0 saturated carbocycles. The number of hydrogen-bond donors (Lipinski definition) is 1. The highest BCUT2D eigenvalue weighted by molar-refractivity contribution is 7.89. The molecule has 3 saturated heterocycles. The highest BCUT2D eigenvalue weighted by Crippen LogP contribution is 2.25. The van der Waals surface area contributed by atoms with E-state index in [1.54, 1.807) is 4.31 Å². The molecule has 1 N–H and O–H groups in total. The zero-order valence-electron chi connectivity index (χ0n) is 16.4. The predicted molar refractivity (Wildman–Crippen MR) is 106 cm³/mol. The predicted octanol–water partition coefficient (Wildman–Crippen LogP) is 0.159. The van der Waals surface area contributed by atoms with E-state index < -0.39 is 20.0 Å². The molecule has 156 valence electrons. The molecule has 0 aliphatic carbocycles. The Labute approximate surface area is 168 Å². The molecular weight excluding hydrogens is 398 g/mol. The van der Waals surface area contributed by atoms with Gasteiger partial charge in [0.05, 0.1) is 36.0 Å². The van der Waals surface area contributed by atoms with Crippen LogP contribution in [0.2, 0.25) is 0 Å². The molecule has 4 rings (SSSR count). The second-order valence-electron chi connectivity index (χ2n) is 8.42. The Morgan fingerprint density at radius 3 is 2.00 bits per heavy atom. The van der Waals surface area contributed by atoms with Crippen molar-refractivity contribution in [2.45, 2.75) is 48.4 Å². The summed E-state index contributed by atoms with van der Waals surface area (Å²) >= 11 is 0. The molecule has 3 aliphatic heterocycles. The molecular formula is C19H30N3O4S2+. The molecule has 3 fully saturated rings. The van der Waals surface area contributed by atoms with Gasteiger partial charge in [0, 0.05) is 25.9 Å². The molecule has 1 unspecified atom stereocenters. The van der Waals surface area contributed by atoms with E-state index in [1.165, 1.54) is 33.5 Å². The van der Waals surface area contributed by atoms with Gasteiger partial charge < -0.3 is 4.90 Å². The number of piperidine rings is 1. The van der Waals surface area contributed by atoms with E-state index in [9.17, 15) is 16.8 Å². The van der Waals surface area contributed by atoms with Crippen molar-refractivity contribution in [2.75, 3.05) is 39.3 Å². The van der Waals surface area contributed by atoms with Gasteiger partial charge in [-0.2, -0.15) is 8.61 Å². The summed E-state index contributed by atoms with van der Waals surface area (Å²) in [7, 11) is -7.15. The van der Waals surface area contributed by atoms with Gasteiger partial charge in [-0.1, -0.05) is 6.92 Å². The van der Waals surface area contributed by atoms with Crippen molar-refractivity contribution in [3.63, 3.8) is 0 Å². The Balaban J connectivity index is 1.51. The molecule has 0 spiro atoms. The van der Waals surface area contributed by atoms with E-state index in [1.807, 2.05) is 0 Å². The van der Waals surface area contributed by atoms with Crippen molar-refractivity contribution in [1.82, 2.24) is 8.61 Å².